The van der Waals surface area contributed by atoms with Crippen molar-refractivity contribution >= 4 is 21.8 Å². The van der Waals surface area contributed by atoms with Gasteiger partial charge in [0.15, 0.2) is 0 Å². The summed E-state index contributed by atoms with van der Waals surface area (Å²) in [6.07, 6.45) is 0.356. The predicted octanol–water partition coefficient (Wildman–Crippen LogP) is 2.59. The lowest BCUT2D eigenvalue weighted by Gasteiger charge is -2.17. The molecule has 0 spiro atoms. The summed E-state index contributed by atoms with van der Waals surface area (Å²) in [4.78, 5) is 12.0. The average Bonchev–Trinajstić information content (AvgIpc) is 2.43. The maximum absolute atomic E-state index is 12.0. The molecule has 0 bridgehead atoms. The molecule has 1 rings (SSSR count). The summed E-state index contributed by atoms with van der Waals surface area (Å²) in [6.45, 7) is 4.22. The number of aliphatic hydroxyl groups is 1. The Morgan fingerprint density at radius 1 is 1.53 bits per heavy atom. The van der Waals surface area contributed by atoms with Gasteiger partial charge in [-0.1, -0.05) is 20.3 Å². The van der Waals surface area contributed by atoms with Gasteiger partial charge in [0.2, 0.25) is 0 Å². The molecular formula is C14H20BrNO3. The van der Waals surface area contributed by atoms with E-state index in [4.69, 9.17) is 4.74 Å². The molecule has 0 aromatic heterocycles. The van der Waals surface area contributed by atoms with Gasteiger partial charge in [-0.25, -0.2) is 0 Å². The quantitative estimate of drug-likeness (QED) is 0.843. The molecule has 2 atom stereocenters. The Kier molecular flexibility index (Phi) is 6.31. The molecule has 0 saturated carbocycles. The Morgan fingerprint density at radius 3 is 2.74 bits per heavy atom. The number of hydrogen-bond donors (Lipinski definition) is 2. The Bertz CT molecular complexity index is 437. The summed E-state index contributed by atoms with van der Waals surface area (Å²) < 4.78 is 5.74. The van der Waals surface area contributed by atoms with E-state index in [1.165, 1.54) is 0 Å². The second kappa shape index (κ2) is 7.50. The number of hydrogen-bond acceptors (Lipinski definition) is 3. The molecule has 2 N–H and O–H groups in total. The first-order chi connectivity index (χ1) is 8.99. The minimum atomic E-state index is -0.522. The third kappa shape index (κ3) is 4.51. The van der Waals surface area contributed by atoms with Crippen LogP contribution in [0, 0.1) is 5.92 Å². The SMILES string of the molecule is CCC(C)C(O)CNC(=O)c1ccc(OC)cc1Br. The number of aliphatic hydroxyl groups excluding tert-OH is 1. The van der Waals surface area contributed by atoms with E-state index in [0.29, 0.717) is 15.8 Å². The lowest BCUT2D eigenvalue weighted by atomic mass is 10.0. The number of methoxy groups -OCH3 is 1. The lowest BCUT2D eigenvalue weighted by Crippen LogP contribution is -2.35. The number of rotatable bonds is 6. The van der Waals surface area contributed by atoms with Crippen molar-refractivity contribution in [2.75, 3.05) is 13.7 Å². The first-order valence-corrected chi connectivity index (χ1v) is 7.08. The highest BCUT2D eigenvalue weighted by Gasteiger charge is 2.15. The summed E-state index contributed by atoms with van der Waals surface area (Å²) in [5.74, 6) is 0.638. The number of ether oxygens (including phenoxy) is 1. The van der Waals surface area contributed by atoms with Crippen molar-refractivity contribution < 1.29 is 14.6 Å². The van der Waals surface area contributed by atoms with Crippen molar-refractivity contribution in [1.29, 1.82) is 0 Å². The third-order valence-corrected chi connectivity index (χ3v) is 3.85. The predicted molar refractivity (Wildman–Crippen MR) is 78.5 cm³/mol. The molecule has 106 valence electrons. The molecular weight excluding hydrogens is 310 g/mol. The molecule has 0 radical (unpaired) electrons. The zero-order valence-electron chi connectivity index (χ0n) is 11.4. The van der Waals surface area contributed by atoms with Gasteiger partial charge in [0, 0.05) is 11.0 Å². The number of amides is 1. The maximum Gasteiger partial charge on any atom is 0.252 e. The molecule has 0 saturated heterocycles. The molecule has 0 aliphatic heterocycles. The van der Waals surface area contributed by atoms with Crippen LogP contribution in [0.25, 0.3) is 0 Å². The van der Waals surface area contributed by atoms with E-state index in [2.05, 4.69) is 21.2 Å². The molecule has 0 heterocycles. The number of benzene rings is 1. The molecule has 19 heavy (non-hydrogen) atoms. The van der Waals surface area contributed by atoms with Crippen LogP contribution in [0.3, 0.4) is 0 Å². The highest BCUT2D eigenvalue weighted by atomic mass is 79.9. The monoisotopic (exact) mass is 329 g/mol. The van der Waals surface area contributed by atoms with Gasteiger partial charge < -0.3 is 15.2 Å². The molecule has 1 amide bonds. The Balaban J connectivity index is 2.63. The maximum atomic E-state index is 12.0. The zero-order valence-corrected chi connectivity index (χ0v) is 13.0. The Morgan fingerprint density at radius 2 is 2.21 bits per heavy atom. The van der Waals surface area contributed by atoms with E-state index in [1.807, 2.05) is 13.8 Å². The van der Waals surface area contributed by atoms with E-state index in [-0.39, 0.29) is 18.4 Å². The van der Waals surface area contributed by atoms with E-state index < -0.39 is 6.10 Å². The van der Waals surface area contributed by atoms with Gasteiger partial charge in [0.1, 0.15) is 5.75 Å². The Labute approximate surface area is 122 Å². The third-order valence-electron chi connectivity index (χ3n) is 3.19. The molecule has 1 aromatic rings. The summed E-state index contributed by atoms with van der Waals surface area (Å²) in [5, 5.41) is 12.6. The fourth-order valence-electron chi connectivity index (χ4n) is 1.57. The van der Waals surface area contributed by atoms with Crippen LogP contribution in [0.4, 0.5) is 0 Å². The van der Waals surface area contributed by atoms with Crippen LogP contribution in [-0.2, 0) is 0 Å². The number of halogens is 1. The van der Waals surface area contributed by atoms with Gasteiger partial charge in [0.05, 0.1) is 18.8 Å². The van der Waals surface area contributed by atoms with Crippen molar-refractivity contribution in [3.8, 4) is 5.75 Å². The van der Waals surface area contributed by atoms with Crippen LogP contribution in [0.1, 0.15) is 30.6 Å². The van der Waals surface area contributed by atoms with Crippen LogP contribution in [0.2, 0.25) is 0 Å². The van der Waals surface area contributed by atoms with Gasteiger partial charge >= 0.3 is 0 Å². The second-order valence-corrected chi connectivity index (χ2v) is 5.36. The van der Waals surface area contributed by atoms with Crippen molar-refractivity contribution in [1.82, 2.24) is 5.32 Å². The number of carbonyl (C=O) groups is 1. The molecule has 0 fully saturated rings. The van der Waals surface area contributed by atoms with Crippen molar-refractivity contribution in [3.63, 3.8) is 0 Å². The van der Waals surface area contributed by atoms with E-state index in [1.54, 1.807) is 25.3 Å². The summed E-state index contributed by atoms with van der Waals surface area (Å²) in [7, 11) is 1.57. The largest absolute Gasteiger partial charge is 0.497 e. The normalized spacial score (nSPS) is 13.7. The van der Waals surface area contributed by atoms with Gasteiger partial charge in [-0.2, -0.15) is 0 Å². The highest BCUT2D eigenvalue weighted by Crippen LogP contribution is 2.22. The molecule has 0 aliphatic rings. The fraction of sp³-hybridized carbons (Fsp3) is 0.500. The first kappa shape index (κ1) is 16.0. The number of nitrogens with one attached hydrogen (secondary N) is 1. The van der Waals surface area contributed by atoms with Gasteiger partial charge in [-0.05, 0) is 40.0 Å². The molecule has 1 aromatic carbocycles. The van der Waals surface area contributed by atoms with Crippen LogP contribution >= 0.6 is 15.9 Å². The van der Waals surface area contributed by atoms with Crippen molar-refractivity contribution in [2.24, 2.45) is 5.92 Å². The average molecular weight is 330 g/mol. The summed E-state index contributed by atoms with van der Waals surface area (Å²) >= 11 is 3.33. The zero-order chi connectivity index (χ0) is 14.4. The van der Waals surface area contributed by atoms with Crippen LogP contribution in [0.15, 0.2) is 22.7 Å². The molecule has 4 nitrogen and oxygen atoms in total. The minimum absolute atomic E-state index is 0.166. The standard InChI is InChI=1S/C14H20BrNO3/c1-4-9(2)13(17)8-16-14(18)11-6-5-10(19-3)7-12(11)15/h5-7,9,13,17H,4,8H2,1-3H3,(H,16,18). The smallest absolute Gasteiger partial charge is 0.252 e. The van der Waals surface area contributed by atoms with E-state index >= 15 is 0 Å². The molecule has 2 unspecified atom stereocenters. The number of carbonyl (C=O) groups excluding carboxylic acids is 1. The van der Waals surface area contributed by atoms with Gasteiger partial charge in [0.25, 0.3) is 5.91 Å². The van der Waals surface area contributed by atoms with Crippen molar-refractivity contribution in [3.05, 3.63) is 28.2 Å². The minimum Gasteiger partial charge on any atom is -0.497 e. The second-order valence-electron chi connectivity index (χ2n) is 4.51. The van der Waals surface area contributed by atoms with Gasteiger partial charge in [-0.15, -0.1) is 0 Å². The fourth-order valence-corrected chi connectivity index (χ4v) is 2.11. The van der Waals surface area contributed by atoms with Crippen LogP contribution < -0.4 is 10.1 Å². The molecule has 0 aliphatic carbocycles. The summed E-state index contributed by atoms with van der Waals surface area (Å²) in [5.41, 5.74) is 0.525. The molecule has 5 heteroatoms. The topological polar surface area (TPSA) is 58.6 Å². The summed E-state index contributed by atoms with van der Waals surface area (Å²) in [6, 6.07) is 5.15. The van der Waals surface area contributed by atoms with Crippen molar-refractivity contribution in [2.45, 2.75) is 26.4 Å². The lowest BCUT2D eigenvalue weighted by molar-refractivity contribution is 0.0849. The first-order valence-electron chi connectivity index (χ1n) is 6.29. The van der Waals surface area contributed by atoms with Crippen LogP contribution in [-0.4, -0.2) is 30.8 Å². The van der Waals surface area contributed by atoms with Gasteiger partial charge in [-0.3, -0.25) is 4.79 Å². The Hall–Kier alpha value is -1.07. The van der Waals surface area contributed by atoms with Crippen LogP contribution in [0.5, 0.6) is 5.75 Å². The highest BCUT2D eigenvalue weighted by molar-refractivity contribution is 9.10. The van der Waals surface area contributed by atoms with E-state index in [9.17, 15) is 9.90 Å². The van der Waals surface area contributed by atoms with E-state index in [0.717, 1.165) is 6.42 Å².